The number of piperazine rings is 1. The van der Waals surface area contributed by atoms with Crippen molar-refractivity contribution in [1.29, 1.82) is 0 Å². The van der Waals surface area contributed by atoms with E-state index in [1.807, 2.05) is 30.3 Å². The molecule has 1 fully saturated rings. The third-order valence-electron chi connectivity index (χ3n) is 3.66. The standard InChI is InChI=1S/C17H17N3O2S/c21-16(22)15-13-18-17(23-15)20-11-9-19(10-12-20)8-4-7-14-5-2-1-3-6-14/h1-3,5-6,13H,8-12H2,(H,21,22). The van der Waals surface area contributed by atoms with Crippen molar-refractivity contribution in [2.24, 2.45) is 0 Å². The monoisotopic (exact) mass is 327 g/mol. The summed E-state index contributed by atoms with van der Waals surface area (Å²) in [5.74, 6) is 5.47. The number of aromatic nitrogens is 1. The molecule has 5 nitrogen and oxygen atoms in total. The van der Waals surface area contributed by atoms with Crippen LogP contribution in [0.2, 0.25) is 0 Å². The molecule has 1 saturated heterocycles. The molecule has 0 radical (unpaired) electrons. The number of hydrogen-bond acceptors (Lipinski definition) is 5. The van der Waals surface area contributed by atoms with E-state index >= 15 is 0 Å². The van der Waals surface area contributed by atoms with E-state index in [9.17, 15) is 4.79 Å². The normalized spacial score (nSPS) is 15.0. The largest absolute Gasteiger partial charge is 0.477 e. The second kappa shape index (κ2) is 7.27. The van der Waals surface area contributed by atoms with Crippen LogP contribution in [0.5, 0.6) is 0 Å². The predicted molar refractivity (Wildman–Crippen MR) is 91.0 cm³/mol. The van der Waals surface area contributed by atoms with E-state index in [4.69, 9.17) is 5.11 Å². The molecule has 2 aromatic rings. The van der Waals surface area contributed by atoms with Gasteiger partial charge in [-0.2, -0.15) is 0 Å². The van der Waals surface area contributed by atoms with Gasteiger partial charge in [-0.3, -0.25) is 4.90 Å². The third-order valence-corrected chi connectivity index (χ3v) is 4.70. The maximum Gasteiger partial charge on any atom is 0.347 e. The van der Waals surface area contributed by atoms with Gasteiger partial charge in [0.1, 0.15) is 4.88 Å². The highest BCUT2D eigenvalue weighted by Crippen LogP contribution is 2.23. The molecular formula is C17H17N3O2S. The lowest BCUT2D eigenvalue weighted by Crippen LogP contribution is -2.46. The van der Waals surface area contributed by atoms with Crippen molar-refractivity contribution < 1.29 is 9.90 Å². The minimum atomic E-state index is -0.913. The average Bonchev–Trinajstić information content (AvgIpc) is 3.07. The second-order valence-corrected chi connectivity index (χ2v) is 6.25. The minimum Gasteiger partial charge on any atom is -0.477 e. The van der Waals surface area contributed by atoms with Gasteiger partial charge in [0.2, 0.25) is 0 Å². The SMILES string of the molecule is O=C(O)c1cnc(N2CCN(CC#Cc3ccccc3)CC2)s1. The van der Waals surface area contributed by atoms with Crippen LogP contribution in [-0.2, 0) is 0 Å². The third kappa shape index (κ3) is 4.09. The first-order valence-corrected chi connectivity index (χ1v) is 8.24. The Morgan fingerprint density at radius 3 is 2.61 bits per heavy atom. The summed E-state index contributed by atoms with van der Waals surface area (Å²) < 4.78 is 0. The molecule has 23 heavy (non-hydrogen) atoms. The molecule has 1 aromatic carbocycles. The molecular weight excluding hydrogens is 310 g/mol. The average molecular weight is 327 g/mol. The molecule has 2 heterocycles. The van der Waals surface area contributed by atoms with E-state index in [0.717, 1.165) is 43.4 Å². The summed E-state index contributed by atoms with van der Waals surface area (Å²) in [6.07, 6.45) is 1.43. The van der Waals surface area contributed by atoms with Crippen LogP contribution in [0.3, 0.4) is 0 Å². The first kappa shape index (κ1) is 15.5. The first-order chi connectivity index (χ1) is 11.2. The van der Waals surface area contributed by atoms with E-state index in [1.54, 1.807) is 0 Å². The summed E-state index contributed by atoms with van der Waals surface area (Å²) in [6, 6.07) is 9.98. The van der Waals surface area contributed by atoms with Crippen LogP contribution in [0.15, 0.2) is 36.5 Å². The van der Waals surface area contributed by atoms with Gasteiger partial charge in [-0.15, -0.1) is 0 Å². The second-order valence-electron chi connectivity index (χ2n) is 5.24. The molecule has 3 rings (SSSR count). The summed E-state index contributed by atoms with van der Waals surface area (Å²) in [7, 11) is 0. The lowest BCUT2D eigenvalue weighted by atomic mass is 10.2. The van der Waals surface area contributed by atoms with Gasteiger partial charge in [0.25, 0.3) is 0 Å². The van der Waals surface area contributed by atoms with Gasteiger partial charge in [0.15, 0.2) is 5.13 Å². The zero-order valence-electron chi connectivity index (χ0n) is 12.6. The molecule has 1 aliphatic heterocycles. The van der Waals surface area contributed by atoms with Crippen LogP contribution in [0.25, 0.3) is 0 Å². The summed E-state index contributed by atoms with van der Waals surface area (Å²) >= 11 is 1.23. The Morgan fingerprint density at radius 2 is 1.96 bits per heavy atom. The van der Waals surface area contributed by atoms with Gasteiger partial charge in [-0.25, -0.2) is 9.78 Å². The van der Waals surface area contributed by atoms with Crippen molar-refractivity contribution in [3.8, 4) is 11.8 Å². The van der Waals surface area contributed by atoms with Crippen molar-refractivity contribution >= 4 is 22.4 Å². The van der Waals surface area contributed by atoms with E-state index in [1.165, 1.54) is 17.5 Å². The Bertz CT molecular complexity index is 725. The van der Waals surface area contributed by atoms with Crippen LogP contribution in [0.1, 0.15) is 15.2 Å². The Balaban J connectivity index is 1.50. The van der Waals surface area contributed by atoms with Crippen molar-refractivity contribution in [3.63, 3.8) is 0 Å². The van der Waals surface area contributed by atoms with E-state index in [0.29, 0.717) is 0 Å². The molecule has 0 unspecified atom stereocenters. The molecule has 1 aliphatic rings. The maximum atomic E-state index is 10.9. The molecule has 1 N–H and O–H groups in total. The summed E-state index contributed by atoms with van der Waals surface area (Å²) in [6.45, 7) is 4.26. The Labute approximate surface area is 139 Å². The Hall–Kier alpha value is -2.36. The molecule has 0 bridgehead atoms. The van der Waals surface area contributed by atoms with Crippen LogP contribution in [0.4, 0.5) is 5.13 Å². The van der Waals surface area contributed by atoms with Crippen molar-refractivity contribution in [1.82, 2.24) is 9.88 Å². The molecule has 0 atom stereocenters. The number of benzene rings is 1. The van der Waals surface area contributed by atoms with Crippen molar-refractivity contribution in [2.75, 3.05) is 37.6 Å². The highest BCUT2D eigenvalue weighted by molar-refractivity contribution is 7.17. The quantitative estimate of drug-likeness (QED) is 0.874. The number of carboxylic acids is 1. The number of nitrogens with zero attached hydrogens (tertiary/aromatic N) is 3. The Kier molecular flexibility index (Phi) is 4.91. The topological polar surface area (TPSA) is 56.7 Å². The lowest BCUT2D eigenvalue weighted by Gasteiger charge is -2.33. The van der Waals surface area contributed by atoms with Gasteiger partial charge in [0.05, 0.1) is 12.7 Å². The fourth-order valence-corrected chi connectivity index (χ4v) is 3.19. The summed E-state index contributed by atoms with van der Waals surface area (Å²) in [5.41, 5.74) is 1.04. The van der Waals surface area contributed by atoms with Crippen LogP contribution >= 0.6 is 11.3 Å². The van der Waals surface area contributed by atoms with Crippen LogP contribution < -0.4 is 4.90 Å². The van der Waals surface area contributed by atoms with Crippen molar-refractivity contribution in [3.05, 3.63) is 47.0 Å². The van der Waals surface area contributed by atoms with Gasteiger partial charge < -0.3 is 10.0 Å². The molecule has 0 saturated carbocycles. The highest BCUT2D eigenvalue weighted by atomic mass is 32.1. The fraction of sp³-hybridized carbons (Fsp3) is 0.294. The number of hydrogen-bond donors (Lipinski definition) is 1. The zero-order chi connectivity index (χ0) is 16.1. The van der Waals surface area contributed by atoms with E-state index in [2.05, 4.69) is 26.6 Å². The number of anilines is 1. The van der Waals surface area contributed by atoms with Gasteiger partial charge in [-0.05, 0) is 12.1 Å². The number of carbonyl (C=O) groups is 1. The summed E-state index contributed by atoms with van der Waals surface area (Å²) in [4.78, 5) is 19.8. The van der Waals surface area contributed by atoms with Crippen molar-refractivity contribution in [2.45, 2.75) is 0 Å². The smallest absolute Gasteiger partial charge is 0.347 e. The molecule has 0 spiro atoms. The summed E-state index contributed by atoms with van der Waals surface area (Å²) in [5, 5.41) is 9.75. The Morgan fingerprint density at radius 1 is 1.22 bits per heavy atom. The van der Waals surface area contributed by atoms with E-state index in [-0.39, 0.29) is 4.88 Å². The number of thiazole rings is 1. The van der Waals surface area contributed by atoms with Gasteiger partial charge >= 0.3 is 5.97 Å². The van der Waals surface area contributed by atoms with Crippen LogP contribution in [-0.4, -0.2) is 53.7 Å². The van der Waals surface area contributed by atoms with Gasteiger partial charge in [-0.1, -0.05) is 41.4 Å². The number of carboxylic acid groups (broad SMARTS) is 1. The van der Waals surface area contributed by atoms with Gasteiger partial charge in [0, 0.05) is 31.7 Å². The molecule has 6 heteroatoms. The zero-order valence-corrected chi connectivity index (χ0v) is 13.4. The predicted octanol–water partition coefficient (Wildman–Crippen LogP) is 2.01. The minimum absolute atomic E-state index is 0.288. The van der Waals surface area contributed by atoms with E-state index < -0.39 is 5.97 Å². The number of rotatable bonds is 3. The lowest BCUT2D eigenvalue weighted by molar-refractivity contribution is 0.0702. The molecule has 0 aliphatic carbocycles. The fourth-order valence-electron chi connectivity index (χ4n) is 2.38. The molecule has 0 amide bonds. The number of aromatic carboxylic acids is 1. The maximum absolute atomic E-state index is 10.9. The molecule has 118 valence electrons. The molecule has 1 aromatic heterocycles. The van der Waals surface area contributed by atoms with Crippen LogP contribution in [0, 0.1) is 11.8 Å². The highest BCUT2D eigenvalue weighted by Gasteiger charge is 2.19. The first-order valence-electron chi connectivity index (χ1n) is 7.43.